The van der Waals surface area contributed by atoms with Gasteiger partial charge in [0.15, 0.2) is 0 Å². The zero-order valence-electron chi connectivity index (χ0n) is 15.0. The zero-order chi connectivity index (χ0) is 16.8. The molecule has 1 aromatic heterocycles. The van der Waals surface area contributed by atoms with Crippen molar-refractivity contribution in [1.82, 2.24) is 14.8 Å². The van der Waals surface area contributed by atoms with Crippen LogP contribution in [0.25, 0.3) is 0 Å². The summed E-state index contributed by atoms with van der Waals surface area (Å²) >= 11 is 0. The molecule has 4 bridgehead atoms. The summed E-state index contributed by atoms with van der Waals surface area (Å²) in [5.41, 5.74) is 1.32. The minimum Gasteiger partial charge on any atom is -0.340 e. The van der Waals surface area contributed by atoms with E-state index in [9.17, 15) is 4.79 Å². The smallest absolute Gasteiger partial charge is 0.226 e. The van der Waals surface area contributed by atoms with E-state index in [2.05, 4.69) is 26.9 Å². The van der Waals surface area contributed by atoms with Gasteiger partial charge in [0.1, 0.15) is 0 Å². The second-order valence-corrected chi connectivity index (χ2v) is 8.91. The fraction of sp³-hybridized carbons (Fsp3) is 0.714. The molecule has 1 aromatic rings. The maximum atomic E-state index is 13.3. The van der Waals surface area contributed by atoms with Gasteiger partial charge in [0, 0.05) is 51.0 Å². The summed E-state index contributed by atoms with van der Waals surface area (Å²) in [5.74, 6) is 4.17. The molecule has 4 nitrogen and oxygen atoms in total. The summed E-state index contributed by atoms with van der Waals surface area (Å²) in [6, 6.07) is 4.18. The number of pyridine rings is 1. The number of carbonyl (C=O) groups is 1. The van der Waals surface area contributed by atoms with E-state index in [1.54, 1.807) is 0 Å². The van der Waals surface area contributed by atoms with Crippen LogP contribution in [0.5, 0.6) is 0 Å². The van der Waals surface area contributed by atoms with Crippen LogP contribution < -0.4 is 0 Å². The van der Waals surface area contributed by atoms with Gasteiger partial charge in [-0.2, -0.15) is 0 Å². The maximum absolute atomic E-state index is 13.3. The highest BCUT2D eigenvalue weighted by atomic mass is 16.2. The van der Waals surface area contributed by atoms with Gasteiger partial charge in [-0.25, -0.2) is 0 Å². The average Bonchev–Trinajstić information content (AvgIpc) is 2.62. The molecule has 4 heteroatoms. The minimum absolute atomic E-state index is 0.361. The molecule has 5 aliphatic rings. The Labute approximate surface area is 150 Å². The molecule has 25 heavy (non-hydrogen) atoms. The molecule has 6 rings (SSSR count). The molecule has 5 fully saturated rings. The maximum Gasteiger partial charge on any atom is 0.226 e. The predicted octanol–water partition coefficient (Wildman–Crippen LogP) is 2.80. The molecule has 0 aromatic carbocycles. The third-order valence-electron chi connectivity index (χ3n) is 7.35. The van der Waals surface area contributed by atoms with Gasteiger partial charge >= 0.3 is 0 Å². The lowest BCUT2D eigenvalue weighted by molar-refractivity contribution is -0.150. The van der Waals surface area contributed by atoms with Crippen molar-refractivity contribution in [3.8, 4) is 0 Å². The monoisotopic (exact) mass is 339 g/mol. The van der Waals surface area contributed by atoms with E-state index in [1.165, 1.54) is 37.7 Å². The zero-order valence-corrected chi connectivity index (χ0v) is 15.0. The number of hydrogen-bond donors (Lipinski definition) is 0. The van der Waals surface area contributed by atoms with Gasteiger partial charge in [-0.15, -0.1) is 0 Å². The van der Waals surface area contributed by atoms with Crippen molar-refractivity contribution in [2.75, 3.05) is 26.2 Å². The van der Waals surface area contributed by atoms with Gasteiger partial charge < -0.3 is 4.90 Å². The Balaban J connectivity index is 1.19. The summed E-state index contributed by atoms with van der Waals surface area (Å²) in [4.78, 5) is 22.0. The molecule has 0 unspecified atom stereocenters. The van der Waals surface area contributed by atoms with Crippen LogP contribution in [0, 0.1) is 29.6 Å². The van der Waals surface area contributed by atoms with Gasteiger partial charge in [-0.05, 0) is 73.5 Å². The second-order valence-electron chi connectivity index (χ2n) is 8.91. The topological polar surface area (TPSA) is 36.4 Å². The van der Waals surface area contributed by atoms with E-state index >= 15 is 0 Å². The highest BCUT2D eigenvalue weighted by Crippen LogP contribution is 2.56. The summed E-state index contributed by atoms with van der Waals surface area (Å²) in [6.07, 6.45) is 10.5. The van der Waals surface area contributed by atoms with Crippen molar-refractivity contribution >= 4 is 5.91 Å². The highest BCUT2D eigenvalue weighted by molar-refractivity contribution is 5.80. The Kier molecular flexibility index (Phi) is 4.04. The molecule has 2 heterocycles. The molecule has 0 spiro atoms. The first-order chi connectivity index (χ1) is 12.3. The summed E-state index contributed by atoms with van der Waals surface area (Å²) in [5, 5.41) is 0. The Bertz CT molecular complexity index is 595. The fourth-order valence-corrected chi connectivity index (χ4v) is 6.41. The van der Waals surface area contributed by atoms with Gasteiger partial charge in [0.05, 0.1) is 0 Å². The van der Waals surface area contributed by atoms with Crippen LogP contribution in [-0.2, 0) is 11.3 Å². The van der Waals surface area contributed by atoms with Crippen LogP contribution in [0.1, 0.15) is 37.7 Å². The molecule has 134 valence electrons. The Morgan fingerprint density at radius 2 is 1.52 bits per heavy atom. The van der Waals surface area contributed by atoms with Gasteiger partial charge in [-0.3, -0.25) is 14.7 Å². The molecule has 1 amide bonds. The Morgan fingerprint density at radius 1 is 0.920 bits per heavy atom. The highest BCUT2D eigenvalue weighted by Gasteiger charge is 2.51. The second kappa shape index (κ2) is 6.39. The van der Waals surface area contributed by atoms with Crippen molar-refractivity contribution in [3.05, 3.63) is 30.1 Å². The van der Waals surface area contributed by atoms with E-state index in [1.807, 2.05) is 12.4 Å². The largest absolute Gasteiger partial charge is 0.340 e. The van der Waals surface area contributed by atoms with E-state index in [4.69, 9.17) is 0 Å². The van der Waals surface area contributed by atoms with E-state index in [-0.39, 0.29) is 0 Å². The standard InChI is InChI=1S/C21H29N3O/c25-21(20-18-10-16-9-17(12-18)13-19(20)11-16)24-7-5-23(6-8-24)14-15-1-3-22-4-2-15/h1-4,16-20H,5-14H2. The molecular weight excluding hydrogens is 310 g/mol. The third kappa shape index (κ3) is 2.99. The lowest BCUT2D eigenvalue weighted by Gasteiger charge is -2.54. The van der Waals surface area contributed by atoms with Gasteiger partial charge in [-0.1, -0.05) is 0 Å². The minimum atomic E-state index is 0.361. The van der Waals surface area contributed by atoms with Crippen LogP contribution in [-0.4, -0.2) is 46.9 Å². The van der Waals surface area contributed by atoms with E-state index in [0.29, 0.717) is 23.7 Å². The van der Waals surface area contributed by atoms with Crippen LogP contribution in [0.3, 0.4) is 0 Å². The van der Waals surface area contributed by atoms with Crippen molar-refractivity contribution in [2.24, 2.45) is 29.6 Å². The van der Waals surface area contributed by atoms with Crippen LogP contribution in [0.15, 0.2) is 24.5 Å². The van der Waals surface area contributed by atoms with Crippen molar-refractivity contribution in [1.29, 1.82) is 0 Å². The molecule has 0 N–H and O–H groups in total. The number of aromatic nitrogens is 1. The number of amides is 1. The molecule has 4 aliphatic carbocycles. The molecular formula is C21H29N3O. The molecule has 1 aliphatic heterocycles. The van der Waals surface area contributed by atoms with E-state index < -0.39 is 0 Å². The first kappa shape index (κ1) is 15.8. The molecule has 0 atom stereocenters. The summed E-state index contributed by atoms with van der Waals surface area (Å²) in [7, 11) is 0. The van der Waals surface area contributed by atoms with E-state index in [0.717, 1.165) is 44.6 Å². The van der Waals surface area contributed by atoms with Crippen molar-refractivity contribution < 1.29 is 4.79 Å². The number of hydrogen-bond acceptors (Lipinski definition) is 3. The van der Waals surface area contributed by atoms with Crippen LogP contribution in [0.4, 0.5) is 0 Å². The van der Waals surface area contributed by atoms with Crippen LogP contribution >= 0.6 is 0 Å². The molecule has 4 saturated carbocycles. The van der Waals surface area contributed by atoms with Gasteiger partial charge in [0.2, 0.25) is 5.91 Å². The third-order valence-corrected chi connectivity index (χ3v) is 7.35. The number of piperazine rings is 1. The first-order valence-corrected chi connectivity index (χ1v) is 10.2. The predicted molar refractivity (Wildman–Crippen MR) is 96.6 cm³/mol. The SMILES string of the molecule is O=C(C1C2CC3CC(C2)CC1C3)N1CCN(Cc2ccncc2)CC1. The summed E-state index contributed by atoms with van der Waals surface area (Å²) < 4.78 is 0. The normalized spacial score (nSPS) is 37.4. The summed E-state index contributed by atoms with van der Waals surface area (Å²) in [6.45, 7) is 4.80. The number of rotatable bonds is 3. The first-order valence-electron chi connectivity index (χ1n) is 10.2. The number of nitrogens with zero attached hydrogens (tertiary/aromatic N) is 3. The molecule has 0 radical (unpaired) electrons. The Hall–Kier alpha value is -1.42. The average molecular weight is 339 g/mol. The quantitative estimate of drug-likeness (QED) is 0.850. The van der Waals surface area contributed by atoms with Crippen molar-refractivity contribution in [2.45, 2.75) is 38.6 Å². The lowest BCUT2D eigenvalue weighted by Crippen LogP contribution is -2.55. The van der Waals surface area contributed by atoms with Crippen molar-refractivity contribution in [3.63, 3.8) is 0 Å². The van der Waals surface area contributed by atoms with Crippen LogP contribution in [0.2, 0.25) is 0 Å². The number of carbonyl (C=O) groups excluding carboxylic acids is 1. The van der Waals surface area contributed by atoms with Gasteiger partial charge in [0.25, 0.3) is 0 Å². The Morgan fingerprint density at radius 3 is 2.12 bits per heavy atom. The lowest BCUT2D eigenvalue weighted by atomic mass is 9.51. The fourth-order valence-electron chi connectivity index (χ4n) is 6.41. The molecule has 1 saturated heterocycles.